The molecule has 1 atom stereocenters. The van der Waals surface area contributed by atoms with Gasteiger partial charge in [0.15, 0.2) is 0 Å². The molecule has 2 nitrogen and oxygen atoms in total. The maximum Gasteiger partial charge on any atom is 0.0620 e. The summed E-state index contributed by atoms with van der Waals surface area (Å²) < 4.78 is 4.98. The third-order valence-electron chi connectivity index (χ3n) is 11.5. The number of aromatic nitrogens is 2. The number of nitrogens with zero attached hydrogens (tertiary/aromatic N) is 2. The Balaban J connectivity index is 1.13. The average Bonchev–Trinajstić information content (AvgIpc) is 3.92. The van der Waals surface area contributed by atoms with Crippen molar-refractivity contribution < 1.29 is 0 Å². The second-order valence-corrected chi connectivity index (χ2v) is 14.0. The predicted octanol–water partition coefficient (Wildman–Crippen LogP) is 12.8. The summed E-state index contributed by atoms with van der Waals surface area (Å²) in [4.78, 5) is 0. The van der Waals surface area contributed by atoms with Crippen molar-refractivity contribution in [3.8, 4) is 27.9 Å². The van der Waals surface area contributed by atoms with E-state index < -0.39 is 0 Å². The number of benzene rings is 8. The van der Waals surface area contributed by atoms with Gasteiger partial charge >= 0.3 is 0 Å². The Hall–Kier alpha value is -6.64. The zero-order valence-electron chi connectivity index (χ0n) is 27.7. The highest BCUT2D eigenvalue weighted by atomic mass is 15.0. The minimum atomic E-state index is 0.137. The molecular formula is C49H30N2. The quantitative estimate of drug-likeness (QED) is 0.181. The van der Waals surface area contributed by atoms with E-state index >= 15 is 0 Å². The minimum absolute atomic E-state index is 0.137. The Bertz CT molecular complexity index is 3180. The summed E-state index contributed by atoms with van der Waals surface area (Å²) in [6, 6.07) is 65.3. The summed E-state index contributed by atoms with van der Waals surface area (Å²) in [5, 5.41) is 7.86. The Morgan fingerprint density at radius 1 is 0.392 bits per heavy atom. The lowest BCUT2D eigenvalue weighted by Crippen LogP contribution is -2.00. The van der Waals surface area contributed by atoms with Crippen molar-refractivity contribution in [1.29, 1.82) is 0 Å². The lowest BCUT2D eigenvalue weighted by Gasteiger charge is -2.17. The molecule has 0 bridgehead atoms. The topological polar surface area (TPSA) is 9.34 Å². The van der Waals surface area contributed by atoms with Crippen molar-refractivity contribution in [3.05, 3.63) is 193 Å². The van der Waals surface area contributed by atoms with Crippen LogP contribution < -0.4 is 0 Å². The lowest BCUT2D eigenvalue weighted by atomic mass is 9.86. The molecule has 0 saturated heterocycles. The maximum absolute atomic E-state index is 2.50. The zero-order chi connectivity index (χ0) is 33.2. The standard InChI is InChI=1S/C49H30N2/c1-2-11-30(12-3-1)31-21-23-32(24-22-31)46-37-15-5-4-13-34(37)38-27-28-44-47(48(38)46)41-16-7-9-20-43(41)50(44)33-25-26-36-40-18-10-17-39-35-14-6-8-19-42(35)51(49(39)40)45(36)29-33/h1-29,46H. The third-order valence-corrected chi connectivity index (χ3v) is 11.5. The van der Waals surface area contributed by atoms with Crippen LogP contribution in [-0.2, 0) is 0 Å². The van der Waals surface area contributed by atoms with Crippen LogP contribution in [0.25, 0.3) is 87.8 Å². The van der Waals surface area contributed by atoms with E-state index in [1.165, 1.54) is 105 Å². The number of hydrogen-bond donors (Lipinski definition) is 0. The molecule has 0 fully saturated rings. The highest BCUT2D eigenvalue weighted by molar-refractivity contribution is 6.23. The fraction of sp³-hybridized carbons (Fsp3) is 0.0204. The molecule has 0 saturated carbocycles. The zero-order valence-corrected chi connectivity index (χ0v) is 27.7. The molecule has 1 aliphatic carbocycles. The van der Waals surface area contributed by atoms with Crippen LogP contribution in [0.15, 0.2) is 176 Å². The Morgan fingerprint density at radius 3 is 1.90 bits per heavy atom. The first-order valence-corrected chi connectivity index (χ1v) is 17.8. The van der Waals surface area contributed by atoms with Crippen LogP contribution >= 0.6 is 0 Å². The monoisotopic (exact) mass is 646 g/mol. The van der Waals surface area contributed by atoms with Crippen LogP contribution in [-0.4, -0.2) is 8.97 Å². The predicted molar refractivity (Wildman–Crippen MR) is 214 cm³/mol. The number of hydrogen-bond acceptors (Lipinski definition) is 0. The molecule has 236 valence electrons. The van der Waals surface area contributed by atoms with E-state index in [1.807, 2.05) is 0 Å². The van der Waals surface area contributed by atoms with Crippen LogP contribution in [0.4, 0.5) is 0 Å². The van der Waals surface area contributed by atoms with Crippen LogP contribution in [0.1, 0.15) is 22.6 Å². The van der Waals surface area contributed by atoms with Gasteiger partial charge in [-0.05, 0) is 69.3 Å². The molecule has 2 heteroatoms. The van der Waals surface area contributed by atoms with Crippen LogP contribution in [0.2, 0.25) is 0 Å². The van der Waals surface area contributed by atoms with Crippen molar-refractivity contribution in [3.63, 3.8) is 0 Å². The molecule has 0 spiro atoms. The van der Waals surface area contributed by atoms with Gasteiger partial charge in [0, 0.05) is 43.9 Å². The molecule has 3 heterocycles. The molecule has 1 unspecified atom stereocenters. The summed E-state index contributed by atoms with van der Waals surface area (Å²) in [6.07, 6.45) is 0. The minimum Gasteiger partial charge on any atom is -0.309 e. The lowest BCUT2D eigenvalue weighted by molar-refractivity contribution is 1.03. The molecule has 0 amide bonds. The van der Waals surface area contributed by atoms with E-state index in [9.17, 15) is 0 Å². The van der Waals surface area contributed by atoms with Gasteiger partial charge in [0.05, 0.1) is 27.6 Å². The van der Waals surface area contributed by atoms with Crippen LogP contribution in [0.5, 0.6) is 0 Å². The molecule has 3 aromatic heterocycles. The van der Waals surface area contributed by atoms with Crippen molar-refractivity contribution in [1.82, 2.24) is 8.97 Å². The van der Waals surface area contributed by atoms with Gasteiger partial charge in [-0.25, -0.2) is 0 Å². The first kappa shape index (κ1) is 27.2. The Morgan fingerprint density at radius 2 is 1.06 bits per heavy atom. The van der Waals surface area contributed by atoms with Gasteiger partial charge in [-0.1, -0.05) is 146 Å². The van der Waals surface area contributed by atoms with Gasteiger partial charge in [0.1, 0.15) is 0 Å². The largest absolute Gasteiger partial charge is 0.309 e. The van der Waals surface area contributed by atoms with E-state index in [0.29, 0.717) is 0 Å². The first-order chi connectivity index (χ1) is 25.3. The SMILES string of the molecule is c1ccc(-c2ccc(C3c4ccccc4-c4ccc5c(c43)c3ccccc3n5-c3ccc4c5cccc6c7ccccc7n(c4c3)c65)cc2)cc1. The highest BCUT2D eigenvalue weighted by Crippen LogP contribution is 2.53. The number of fused-ring (bicyclic) bond motifs is 13. The fourth-order valence-corrected chi connectivity index (χ4v) is 9.45. The van der Waals surface area contributed by atoms with Crippen LogP contribution in [0, 0.1) is 0 Å². The molecule has 8 aromatic carbocycles. The van der Waals surface area contributed by atoms with Crippen molar-refractivity contribution in [2.75, 3.05) is 0 Å². The number of para-hydroxylation sites is 3. The summed E-state index contributed by atoms with van der Waals surface area (Å²) in [7, 11) is 0. The van der Waals surface area contributed by atoms with Crippen molar-refractivity contribution in [2.45, 2.75) is 5.92 Å². The van der Waals surface area contributed by atoms with Gasteiger partial charge < -0.3 is 8.97 Å². The van der Waals surface area contributed by atoms with E-state index in [2.05, 4.69) is 185 Å². The molecule has 11 aromatic rings. The molecule has 12 rings (SSSR count). The van der Waals surface area contributed by atoms with Crippen molar-refractivity contribution in [2.24, 2.45) is 0 Å². The normalized spacial score (nSPS) is 14.1. The number of rotatable bonds is 3. The van der Waals surface area contributed by atoms with E-state index in [0.717, 1.165) is 0 Å². The Labute approximate surface area is 294 Å². The molecular weight excluding hydrogens is 617 g/mol. The molecule has 0 radical (unpaired) electrons. The molecule has 0 aliphatic heterocycles. The van der Waals surface area contributed by atoms with Crippen LogP contribution in [0.3, 0.4) is 0 Å². The third kappa shape index (κ3) is 3.56. The maximum atomic E-state index is 2.50. The van der Waals surface area contributed by atoms with E-state index in [-0.39, 0.29) is 5.92 Å². The summed E-state index contributed by atoms with van der Waals surface area (Å²) in [6.45, 7) is 0. The van der Waals surface area contributed by atoms with Gasteiger partial charge in [0.25, 0.3) is 0 Å². The summed E-state index contributed by atoms with van der Waals surface area (Å²) in [5.74, 6) is 0.137. The molecule has 51 heavy (non-hydrogen) atoms. The second kappa shape index (κ2) is 9.97. The van der Waals surface area contributed by atoms with Gasteiger partial charge in [-0.2, -0.15) is 0 Å². The Kier molecular flexibility index (Phi) is 5.32. The van der Waals surface area contributed by atoms with E-state index in [1.54, 1.807) is 0 Å². The fourth-order valence-electron chi connectivity index (χ4n) is 9.45. The smallest absolute Gasteiger partial charge is 0.0620 e. The van der Waals surface area contributed by atoms with Gasteiger partial charge in [0.2, 0.25) is 0 Å². The second-order valence-electron chi connectivity index (χ2n) is 14.0. The summed E-state index contributed by atoms with van der Waals surface area (Å²) >= 11 is 0. The molecule has 1 aliphatic rings. The molecule has 0 N–H and O–H groups in total. The van der Waals surface area contributed by atoms with Crippen molar-refractivity contribution >= 4 is 59.9 Å². The van der Waals surface area contributed by atoms with Gasteiger partial charge in [-0.15, -0.1) is 0 Å². The van der Waals surface area contributed by atoms with Gasteiger partial charge in [-0.3, -0.25) is 0 Å². The average molecular weight is 647 g/mol. The summed E-state index contributed by atoms with van der Waals surface area (Å²) in [5.41, 5.74) is 16.7. The van der Waals surface area contributed by atoms with E-state index in [4.69, 9.17) is 0 Å². The first-order valence-electron chi connectivity index (χ1n) is 17.8. The highest BCUT2D eigenvalue weighted by Gasteiger charge is 2.33.